The monoisotopic (exact) mass is 233 g/mol. The molecule has 0 saturated carbocycles. The summed E-state index contributed by atoms with van der Waals surface area (Å²) in [7, 11) is 0. The van der Waals surface area contributed by atoms with Gasteiger partial charge in [-0.15, -0.1) is 11.3 Å². The predicted octanol–water partition coefficient (Wildman–Crippen LogP) is 3.67. The van der Waals surface area contributed by atoms with E-state index in [1.807, 2.05) is 11.3 Å². The van der Waals surface area contributed by atoms with E-state index in [-0.39, 0.29) is 0 Å². The zero-order chi connectivity index (χ0) is 11.5. The normalized spacial score (nSPS) is 11.2. The smallest absolute Gasteiger partial charge is 0.0348 e. The first-order chi connectivity index (χ1) is 7.72. The number of hydrogen-bond acceptors (Lipinski definition) is 2. The second-order valence-corrected chi connectivity index (χ2v) is 5.21. The Bertz CT molecular complexity index is 485. The third kappa shape index (κ3) is 2.28. The zero-order valence-corrected chi connectivity index (χ0v) is 11.1. The van der Waals surface area contributed by atoms with E-state index in [0.29, 0.717) is 0 Å². The molecule has 86 valence electrons. The first-order valence-corrected chi connectivity index (χ1v) is 6.78. The van der Waals surface area contributed by atoms with Gasteiger partial charge in [-0.2, -0.15) is 0 Å². The van der Waals surface area contributed by atoms with Gasteiger partial charge in [0.05, 0.1) is 0 Å². The van der Waals surface area contributed by atoms with Crippen molar-refractivity contribution in [2.24, 2.45) is 0 Å². The Labute approximate surface area is 101 Å². The van der Waals surface area contributed by atoms with Gasteiger partial charge in [-0.1, -0.05) is 13.0 Å². The number of hydrogen-bond donors (Lipinski definition) is 1. The highest BCUT2D eigenvalue weighted by molar-refractivity contribution is 7.17. The van der Waals surface area contributed by atoms with E-state index in [2.05, 4.69) is 43.6 Å². The Morgan fingerprint density at radius 2 is 1.94 bits per heavy atom. The first-order valence-electron chi connectivity index (χ1n) is 5.90. The fourth-order valence-corrected chi connectivity index (χ4v) is 3.01. The lowest BCUT2D eigenvalue weighted by molar-refractivity contribution is 0.719. The van der Waals surface area contributed by atoms with Gasteiger partial charge in [-0.25, -0.2) is 0 Å². The standard InChI is InChI=1S/C14H19NS/c1-4-15-6-5-12-9-16-14-8-11(3)10(2)7-13(12)14/h7-9,15H,4-6H2,1-3H3. The second-order valence-electron chi connectivity index (χ2n) is 4.30. The van der Waals surface area contributed by atoms with E-state index >= 15 is 0 Å². The first kappa shape index (κ1) is 11.6. The van der Waals surface area contributed by atoms with Crippen LogP contribution in [-0.4, -0.2) is 13.1 Å². The zero-order valence-electron chi connectivity index (χ0n) is 10.3. The Hall–Kier alpha value is -0.860. The van der Waals surface area contributed by atoms with Crippen LogP contribution in [0.4, 0.5) is 0 Å². The maximum Gasteiger partial charge on any atom is 0.0348 e. The third-order valence-corrected chi connectivity index (χ3v) is 4.09. The highest BCUT2D eigenvalue weighted by atomic mass is 32.1. The summed E-state index contributed by atoms with van der Waals surface area (Å²) in [6.07, 6.45) is 1.14. The van der Waals surface area contributed by atoms with Crippen molar-refractivity contribution in [2.75, 3.05) is 13.1 Å². The van der Waals surface area contributed by atoms with Crippen LogP contribution >= 0.6 is 11.3 Å². The summed E-state index contributed by atoms with van der Waals surface area (Å²) in [4.78, 5) is 0. The van der Waals surface area contributed by atoms with E-state index in [1.54, 1.807) is 0 Å². The average molecular weight is 233 g/mol. The fraction of sp³-hybridized carbons (Fsp3) is 0.429. The summed E-state index contributed by atoms with van der Waals surface area (Å²) in [5.41, 5.74) is 4.28. The van der Waals surface area contributed by atoms with Gasteiger partial charge in [-0.3, -0.25) is 0 Å². The van der Waals surface area contributed by atoms with Crippen LogP contribution in [-0.2, 0) is 6.42 Å². The van der Waals surface area contributed by atoms with E-state index in [4.69, 9.17) is 0 Å². The van der Waals surface area contributed by atoms with Crippen LogP contribution in [0.15, 0.2) is 17.5 Å². The summed E-state index contributed by atoms with van der Waals surface area (Å²) in [6.45, 7) is 8.67. The summed E-state index contributed by atoms with van der Waals surface area (Å²) in [5.74, 6) is 0. The Morgan fingerprint density at radius 3 is 2.69 bits per heavy atom. The van der Waals surface area contributed by atoms with Crippen LogP contribution < -0.4 is 5.32 Å². The maximum absolute atomic E-state index is 3.38. The van der Waals surface area contributed by atoms with Gasteiger partial charge in [0, 0.05) is 4.70 Å². The van der Waals surface area contributed by atoms with Crippen molar-refractivity contribution in [1.82, 2.24) is 5.32 Å². The molecule has 1 aromatic heterocycles. The lowest BCUT2D eigenvalue weighted by atomic mass is 10.0. The SMILES string of the molecule is CCNCCc1csc2cc(C)c(C)cc12. The van der Waals surface area contributed by atoms with Gasteiger partial charge < -0.3 is 5.32 Å². The molecule has 0 spiro atoms. The molecule has 2 aromatic rings. The van der Waals surface area contributed by atoms with Crippen molar-refractivity contribution < 1.29 is 0 Å². The molecule has 0 aliphatic carbocycles. The number of nitrogens with one attached hydrogen (secondary N) is 1. The van der Waals surface area contributed by atoms with Crippen molar-refractivity contribution in [3.63, 3.8) is 0 Å². The largest absolute Gasteiger partial charge is 0.317 e. The van der Waals surface area contributed by atoms with Crippen LogP contribution in [0.5, 0.6) is 0 Å². The summed E-state index contributed by atoms with van der Waals surface area (Å²) >= 11 is 1.87. The number of benzene rings is 1. The van der Waals surface area contributed by atoms with Gasteiger partial charge in [0.2, 0.25) is 0 Å². The second kappa shape index (κ2) is 4.98. The highest BCUT2D eigenvalue weighted by Gasteiger charge is 2.05. The van der Waals surface area contributed by atoms with Crippen LogP contribution in [0.1, 0.15) is 23.6 Å². The molecule has 1 N–H and O–H groups in total. The average Bonchev–Trinajstić information content (AvgIpc) is 2.63. The fourth-order valence-electron chi connectivity index (χ4n) is 1.93. The van der Waals surface area contributed by atoms with Gasteiger partial charge in [0.1, 0.15) is 0 Å². The number of fused-ring (bicyclic) bond motifs is 1. The Balaban J connectivity index is 2.29. The number of thiophene rings is 1. The molecule has 1 nitrogen and oxygen atoms in total. The minimum Gasteiger partial charge on any atom is -0.317 e. The van der Waals surface area contributed by atoms with E-state index in [0.717, 1.165) is 19.5 Å². The van der Waals surface area contributed by atoms with Gasteiger partial charge >= 0.3 is 0 Å². The minimum absolute atomic E-state index is 1.06. The van der Waals surface area contributed by atoms with E-state index in [9.17, 15) is 0 Å². The van der Waals surface area contributed by atoms with Crippen molar-refractivity contribution >= 4 is 21.4 Å². The lowest BCUT2D eigenvalue weighted by Crippen LogP contribution is -2.15. The molecule has 1 heterocycles. The molecule has 0 radical (unpaired) electrons. The minimum atomic E-state index is 1.06. The molecule has 0 saturated heterocycles. The Kier molecular flexibility index (Phi) is 3.62. The van der Waals surface area contributed by atoms with Crippen molar-refractivity contribution in [2.45, 2.75) is 27.2 Å². The van der Waals surface area contributed by atoms with Crippen molar-refractivity contribution in [1.29, 1.82) is 0 Å². The van der Waals surface area contributed by atoms with Gasteiger partial charge in [-0.05, 0) is 66.9 Å². The molecule has 0 atom stereocenters. The molecule has 2 heteroatoms. The van der Waals surface area contributed by atoms with Crippen LogP contribution in [0.25, 0.3) is 10.1 Å². The van der Waals surface area contributed by atoms with Gasteiger partial charge in [0.15, 0.2) is 0 Å². The summed E-state index contributed by atoms with van der Waals surface area (Å²) in [5, 5.41) is 7.14. The summed E-state index contributed by atoms with van der Waals surface area (Å²) in [6, 6.07) is 4.65. The quantitative estimate of drug-likeness (QED) is 0.795. The molecule has 0 aliphatic heterocycles. The number of aryl methyl sites for hydroxylation is 2. The molecular formula is C14H19NS. The maximum atomic E-state index is 3.38. The Morgan fingerprint density at radius 1 is 1.19 bits per heavy atom. The predicted molar refractivity (Wildman–Crippen MR) is 73.5 cm³/mol. The topological polar surface area (TPSA) is 12.0 Å². The number of rotatable bonds is 4. The molecule has 2 rings (SSSR count). The van der Waals surface area contributed by atoms with Crippen LogP contribution in [0.3, 0.4) is 0 Å². The molecule has 1 aromatic carbocycles. The van der Waals surface area contributed by atoms with Crippen molar-refractivity contribution in [3.05, 3.63) is 34.2 Å². The van der Waals surface area contributed by atoms with Crippen molar-refractivity contribution in [3.8, 4) is 0 Å². The molecule has 0 amide bonds. The molecule has 0 bridgehead atoms. The lowest BCUT2D eigenvalue weighted by Gasteiger charge is -2.03. The number of likely N-dealkylation sites (N-methyl/N-ethyl adjacent to an activating group) is 1. The molecular weight excluding hydrogens is 214 g/mol. The molecule has 16 heavy (non-hydrogen) atoms. The third-order valence-electron chi connectivity index (χ3n) is 3.09. The van der Waals surface area contributed by atoms with Crippen LogP contribution in [0.2, 0.25) is 0 Å². The molecule has 0 aliphatic rings. The van der Waals surface area contributed by atoms with E-state index < -0.39 is 0 Å². The molecule has 0 fully saturated rings. The highest BCUT2D eigenvalue weighted by Crippen LogP contribution is 2.28. The van der Waals surface area contributed by atoms with Crippen LogP contribution in [0, 0.1) is 13.8 Å². The van der Waals surface area contributed by atoms with E-state index in [1.165, 1.54) is 26.8 Å². The van der Waals surface area contributed by atoms with Gasteiger partial charge in [0.25, 0.3) is 0 Å². The molecule has 0 unspecified atom stereocenters. The summed E-state index contributed by atoms with van der Waals surface area (Å²) < 4.78 is 1.43.